The van der Waals surface area contributed by atoms with Gasteiger partial charge in [0.15, 0.2) is 0 Å². The summed E-state index contributed by atoms with van der Waals surface area (Å²) in [6.07, 6.45) is 0.354. The molecule has 22 heavy (non-hydrogen) atoms. The Kier molecular flexibility index (Phi) is 4.36. The molecule has 0 fully saturated rings. The molecule has 0 bridgehead atoms. The summed E-state index contributed by atoms with van der Waals surface area (Å²) in [5, 5.41) is 10.5. The van der Waals surface area contributed by atoms with E-state index in [2.05, 4.69) is 36.4 Å². The number of aliphatic hydroxyl groups is 1. The first-order chi connectivity index (χ1) is 10.7. The average molecular weight is 288 g/mol. The van der Waals surface area contributed by atoms with Crippen molar-refractivity contribution in [2.75, 3.05) is 0 Å². The van der Waals surface area contributed by atoms with Crippen LogP contribution in [0, 0.1) is 6.92 Å². The van der Waals surface area contributed by atoms with Crippen LogP contribution in [0.4, 0.5) is 0 Å². The van der Waals surface area contributed by atoms with Crippen molar-refractivity contribution in [2.45, 2.75) is 19.4 Å². The van der Waals surface area contributed by atoms with Crippen molar-refractivity contribution in [2.24, 2.45) is 0 Å². The van der Waals surface area contributed by atoms with Gasteiger partial charge >= 0.3 is 0 Å². The summed E-state index contributed by atoms with van der Waals surface area (Å²) in [6, 6.07) is 26.7. The zero-order valence-electron chi connectivity index (χ0n) is 12.7. The number of hydrogen-bond acceptors (Lipinski definition) is 1. The van der Waals surface area contributed by atoms with Crippen molar-refractivity contribution < 1.29 is 5.11 Å². The summed E-state index contributed by atoms with van der Waals surface area (Å²) in [4.78, 5) is 0. The molecule has 0 saturated heterocycles. The van der Waals surface area contributed by atoms with E-state index >= 15 is 0 Å². The predicted octanol–water partition coefficient (Wildman–Crippen LogP) is 4.67. The minimum Gasteiger partial charge on any atom is -0.384 e. The van der Waals surface area contributed by atoms with Crippen LogP contribution in [-0.2, 0) is 6.42 Å². The summed E-state index contributed by atoms with van der Waals surface area (Å²) in [7, 11) is 0. The van der Waals surface area contributed by atoms with Gasteiger partial charge in [0.1, 0.15) is 6.10 Å². The van der Waals surface area contributed by atoms with Crippen LogP contribution in [0.15, 0.2) is 78.9 Å². The third-order valence-electron chi connectivity index (χ3n) is 3.90. The van der Waals surface area contributed by atoms with Gasteiger partial charge in [0.2, 0.25) is 0 Å². The van der Waals surface area contributed by atoms with Gasteiger partial charge in [0, 0.05) is 0 Å². The molecule has 0 amide bonds. The van der Waals surface area contributed by atoms with Gasteiger partial charge in [-0.15, -0.1) is 0 Å². The fourth-order valence-corrected chi connectivity index (χ4v) is 2.68. The highest BCUT2D eigenvalue weighted by atomic mass is 16.3. The molecule has 0 aromatic heterocycles. The zero-order valence-corrected chi connectivity index (χ0v) is 12.7. The summed E-state index contributed by atoms with van der Waals surface area (Å²) in [6.45, 7) is 2.04. The largest absolute Gasteiger partial charge is 0.384 e. The second-order valence-corrected chi connectivity index (χ2v) is 5.72. The molecule has 1 N–H and O–H groups in total. The Morgan fingerprint density at radius 1 is 0.727 bits per heavy atom. The Bertz CT molecular complexity index is 729. The maximum atomic E-state index is 10.5. The first-order valence-electron chi connectivity index (χ1n) is 7.60. The highest BCUT2D eigenvalue weighted by Crippen LogP contribution is 2.23. The third-order valence-corrected chi connectivity index (χ3v) is 3.90. The maximum Gasteiger partial charge on any atom is 0.104 e. The minimum absolute atomic E-state index is 0.564. The Morgan fingerprint density at radius 2 is 1.41 bits per heavy atom. The number of hydrogen-bond donors (Lipinski definition) is 1. The standard InChI is InChI=1S/C21H20O/c1-16-6-5-9-20(14-16)21(22)19-12-10-18(11-13-19)15-17-7-3-2-4-8-17/h2-14,21-22H,15H2,1H3. The van der Waals surface area contributed by atoms with Gasteiger partial charge in [0.05, 0.1) is 0 Å². The van der Waals surface area contributed by atoms with Crippen molar-refractivity contribution >= 4 is 0 Å². The van der Waals surface area contributed by atoms with E-state index in [-0.39, 0.29) is 0 Å². The second-order valence-electron chi connectivity index (χ2n) is 5.72. The van der Waals surface area contributed by atoms with Crippen molar-refractivity contribution in [1.29, 1.82) is 0 Å². The molecule has 0 spiro atoms. The van der Waals surface area contributed by atoms with Gasteiger partial charge in [-0.2, -0.15) is 0 Å². The highest BCUT2D eigenvalue weighted by Gasteiger charge is 2.10. The van der Waals surface area contributed by atoms with Crippen molar-refractivity contribution in [3.05, 3.63) is 107 Å². The molecule has 0 heterocycles. The first-order valence-corrected chi connectivity index (χ1v) is 7.60. The number of aliphatic hydroxyl groups excluding tert-OH is 1. The van der Waals surface area contributed by atoms with E-state index in [4.69, 9.17) is 0 Å². The Morgan fingerprint density at radius 3 is 2.09 bits per heavy atom. The Labute approximate surface area is 131 Å². The van der Waals surface area contributed by atoms with Gasteiger partial charge in [-0.25, -0.2) is 0 Å². The third kappa shape index (κ3) is 3.44. The van der Waals surface area contributed by atoms with Gasteiger partial charge in [-0.3, -0.25) is 0 Å². The molecule has 0 saturated carbocycles. The smallest absolute Gasteiger partial charge is 0.104 e. The predicted molar refractivity (Wildman–Crippen MR) is 90.9 cm³/mol. The van der Waals surface area contributed by atoms with E-state index in [1.54, 1.807) is 0 Å². The van der Waals surface area contributed by atoms with E-state index in [0.717, 1.165) is 23.1 Å². The number of aryl methyl sites for hydroxylation is 1. The monoisotopic (exact) mass is 288 g/mol. The molecule has 0 aliphatic carbocycles. The summed E-state index contributed by atoms with van der Waals surface area (Å²) in [5.74, 6) is 0. The Hall–Kier alpha value is -2.38. The van der Waals surface area contributed by atoms with Gasteiger partial charge < -0.3 is 5.11 Å². The number of rotatable bonds is 4. The molecule has 1 unspecified atom stereocenters. The molecule has 1 nitrogen and oxygen atoms in total. The van der Waals surface area contributed by atoms with Crippen LogP contribution in [0.3, 0.4) is 0 Å². The molecule has 0 aliphatic rings. The zero-order chi connectivity index (χ0) is 15.4. The fraction of sp³-hybridized carbons (Fsp3) is 0.143. The van der Waals surface area contributed by atoms with Crippen molar-refractivity contribution in [3.8, 4) is 0 Å². The van der Waals surface area contributed by atoms with Gasteiger partial charge in [0.25, 0.3) is 0 Å². The van der Waals surface area contributed by atoms with E-state index in [1.807, 2.05) is 49.4 Å². The van der Waals surface area contributed by atoms with Crippen LogP contribution in [0.25, 0.3) is 0 Å². The minimum atomic E-state index is -0.564. The second kappa shape index (κ2) is 6.59. The molecule has 110 valence electrons. The van der Waals surface area contributed by atoms with E-state index < -0.39 is 6.10 Å². The molecule has 3 aromatic carbocycles. The Balaban J connectivity index is 1.76. The lowest BCUT2D eigenvalue weighted by Gasteiger charge is -2.13. The van der Waals surface area contributed by atoms with E-state index in [1.165, 1.54) is 11.1 Å². The summed E-state index contributed by atoms with van der Waals surface area (Å²) >= 11 is 0. The lowest BCUT2D eigenvalue weighted by molar-refractivity contribution is 0.220. The first kappa shape index (κ1) is 14.6. The van der Waals surface area contributed by atoms with E-state index in [0.29, 0.717) is 0 Å². The highest BCUT2D eigenvalue weighted by molar-refractivity contribution is 5.35. The number of benzene rings is 3. The average Bonchev–Trinajstić information content (AvgIpc) is 2.56. The molecular formula is C21H20O. The van der Waals surface area contributed by atoms with E-state index in [9.17, 15) is 5.11 Å². The van der Waals surface area contributed by atoms with Gasteiger partial charge in [-0.05, 0) is 35.6 Å². The summed E-state index contributed by atoms with van der Waals surface area (Å²) < 4.78 is 0. The molecule has 3 aromatic rings. The topological polar surface area (TPSA) is 20.2 Å². The van der Waals surface area contributed by atoms with Crippen molar-refractivity contribution in [1.82, 2.24) is 0 Å². The molecular weight excluding hydrogens is 268 g/mol. The maximum absolute atomic E-state index is 10.5. The van der Waals surface area contributed by atoms with Crippen LogP contribution < -0.4 is 0 Å². The normalized spacial score (nSPS) is 12.1. The SMILES string of the molecule is Cc1cccc(C(O)c2ccc(Cc3ccccc3)cc2)c1. The van der Waals surface area contributed by atoms with Crippen LogP contribution in [0.1, 0.15) is 33.9 Å². The van der Waals surface area contributed by atoms with Crippen LogP contribution in [-0.4, -0.2) is 5.11 Å². The van der Waals surface area contributed by atoms with Crippen LogP contribution in [0.2, 0.25) is 0 Å². The van der Waals surface area contributed by atoms with Crippen LogP contribution in [0.5, 0.6) is 0 Å². The molecule has 1 atom stereocenters. The van der Waals surface area contributed by atoms with Crippen molar-refractivity contribution in [3.63, 3.8) is 0 Å². The fourth-order valence-electron chi connectivity index (χ4n) is 2.68. The molecule has 0 aliphatic heterocycles. The summed E-state index contributed by atoms with van der Waals surface area (Å²) in [5.41, 5.74) is 5.59. The molecule has 0 radical (unpaired) electrons. The van der Waals surface area contributed by atoms with Gasteiger partial charge in [-0.1, -0.05) is 84.4 Å². The lowest BCUT2D eigenvalue weighted by Crippen LogP contribution is -2.00. The molecule has 3 rings (SSSR count). The quantitative estimate of drug-likeness (QED) is 0.740. The lowest BCUT2D eigenvalue weighted by atomic mass is 9.97. The van der Waals surface area contributed by atoms with Crippen LogP contribution >= 0.6 is 0 Å². The molecule has 1 heteroatoms.